The average molecular weight is 368 g/mol. The van der Waals surface area contributed by atoms with Crippen molar-refractivity contribution in [3.63, 3.8) is 0 Å². The van der Waals surface area contributed by atoms with E-state index in [1.807, 2.05) is 12.1 Å². The number of nitrogens with zero attached hydrogens (tertiary/aromatic N) is 1. The second-order valence-electron chi connectivity index (χ2n) is 7.43. The predicted molar refractivity (Wildman–Crippen MR) is 102 cm³/mol. The van der Waals surface area contributed by atoms with Gasteiger partial charge in [-0.1, -0.05) is 48.5 Å². The fourth-order valence-corrected chi connectivity index (χ4v) is 3.84. The zero-order valence-corrected chi connectivity index (χ0v) is 15.3. The number of hydrogen-bond acceptors (Lipinski definition) is 3. The fourth-order valence-electron chi connectivity index (χ4n) is 3.84. The summed E-state index contributed by atoms with van der Waals surface area (Å²) in [5, 5.41) is 3.00. The fraction of sp³-hybridized carbons (Fsp3) is 0.409. The molecule has 27 heavy (non-hydrogen) atoms. The number of ether oxygens (including phenoxy) is 1. The maximum absolute atomic E-state index is 13.9. The molecule has 0 radical (unpaired) electrons. The van der Waals surface area contributed by atoms with Crippen molar-refractivity contribution >= 4 is 5.91 Å². The van der Waals surface area contributed by atoms with Gasteiger partial charge in [-0.05, 0) is 29.5 Å². The molecule has 1 N–H and O–H groups in total. The topological polar surface area (TPSA) is 41.6 Å². The minimum Gasteiger partial charge on any atom is -0.374 e. The van der Waals surface area contributed by atoms with Gasteiger partial charge in [0.1, 0.15) is 5.82 Å². The Bertz CT molecular complexity index is 783. The van der Waals surface area contributed by atoms with Gasteiger partial charge in [0.05, 0.1) is 12.7 Å². The van der Waals surface area contributed by atoms with Crippen molar-refractivity contribution in [2.24, 2.45) is 5.92 Å². The third kappa shape index (κ3) is 4.54. The van der Waals surface area contributed by atoms with Crippen LogP contribution in [-0.2, 0) is 16.1 Å². The van der Waals surface area contributed by atoms with E-state index >= 15 is 0 Å². The lowest BCUT2D eigenvalue weighted by Crippen LogP contribution is -2.47. The van der Waals surface area contributed by atoms with Crippen molar-refractivity contribution in [2.75, 3.05) is 26.2 Å². The number of hydrogen-bond donors (Lipinski definition) is 1. The molecule has 3 atom stereocenters. The van der Waals surface area contributed by atoms with Gasteiger partial charge in [0.15, 0.2) is 0 Å². The summed E-state index contributed by atoms with van der Waals surface area (Å²) in [5.41, 5.74) is 1.94. The molecule has 0 bridgehead atoms. The maximum Gasteiger partial charge on any atom is 0.223 e. The van der Waals surface area contributed by atoms with Crippen LogP contribution in [0, 0.1) is 11.7 Å². The molecule has 142 valence electrons. The summed E-state index contributed by atoms with van der Waals surface area (Å²) >= 11 is 0. The Morgan fingerprint density at radius 3 is 2.74 bits per heavy atom. The van der Waals surface area contributed by atoms with E-state index in [2.05, 4.69) is 34.5 Å². The van der Waals surface area contributed by atoms with E-state index in [1.165, 1.54) is 11.6 Å². The SMILES string of the molecule is O=C(NCC1CN(Cc2ccccc2)CCO1)C1CC1c1ccccc1F. The van der Waals surface area contributed by atoms with Crippen LogP contribution < -0.4 is 5.32 Å². The lowest BCUT2D eigenvalue weighted by atomic mass is 10.1. The molecule has 2 aromatic rings. The average Bonchev–Trinajstić information content (AvgIpc) is 3.48. The number of amides is 1. The lowest BCUT2D eigenvalue weighted by Gasteiger charge is -2.33. The van der Waals surface area contributed by atoms with Crippen LogP contribution in [0.25, 0.3) is 0 Å². The predicted octanol–water partition coefficient (Wildman–Crippen LogP) is 2.95. The molecule has 1 amide bonds. The van der Waals surface area contributed by atoms with Gasteiger partial charge in [0, 0.05) is 32.1 Å². The van der Waals surface area contributed by atoms with Crippen molar-refractivity contribution in [3.8, 4) is 0 Å². The molecule has 1 aliphatic carbocycles. The zero-order chi connectivity index (χ0) is 18.6. The van der Waals surface area contributed by atoms with E-state index < -0.39 is 0 Å². The highest BCUT2D eigenvalue weighted by molar-refractivity contribution is 5.82. The number of halogens is 1. The van der Waals surface area contributed by atoms with Gasteiger partial charge in [-0.3, -0.25) is 9.69 Å². The first-order valence-electron chi connectivity index (χ1n) is 9.60. The van der Waals surface area contributed by atoms with Crippen LogP contribution in [0.15, 0.2) is 54.6 Å². The number of benzene rings is 2. The molecule has 4 rings (SSSR count). The molecule has 2 aliphatic rings. The molecule has 4 nitrogen and oxygen atoms in total. The molecule has 2 fully saturated rings. The molecule has 1 saturated carbocycles. The number of carbonyl (C=O) groups excluding carboxylic acids is 1. The summed E-state index contributed by atoms with van der Waals surface area (Å²) in [6, 6.07) is 17.1. The largest absolute Gasteiger partial charge is 0.374 e. The van der Waals surface area contributed by atoms with E-state index in [0.29, 0.717) is 18.7 Å². The van der Waals surface area contributed by atoms with Crippen LogP contribution in [-0.4, -0.2) is 43.2 Å². The molecular weight excluding hydrogens is 343 g/mol. The minimum absolute atomic E-state index is 0.00271. The Morgan fingerprint density at radius 2 is 1.93 bits per heavy atom. The van der Waals surface area contributed by atoms with Gasteiger partial charge in [0.2, 0.25) is 5.91 Å². The summed E-state index contributed by atoms with van der Waals surface area (Å²) in [7, 11) is 0. The molecule has 1 heterocycles. The van der Waals surface area contributed by atoms with E-state index in [-0.39, 0.29) is 29.7 Å². The quantitative estimate of drug-likeness (QED) is 0.852. The molecule has 0 spiro atoms. The molecule has 3 unspecified atom stereocenters. The van der Waals surface area contributed by atoms with Gasteiger partial charge >= 0.3 is 0 Å². The standard InChI is InChI=1S/C22H25FN2O2/c23-21-9-5-4-8-18(21)19-12-20(19)22(26)24-13-17-15-25(10-11-27-17)14-16-6-2-1-3-7-16/h1-9,17,19-20H,10-15H2,(H,24,26). The van der Waals surface area contributed by atoms with Crippen LogP contribution in [0.1, 0.15) is 23.5 Å². The highest BCUT2D eigenvalue weighted by Crippen LogP contribution is 2.48. The number of rotatable bonds is 6. The van der Waals surface area contributed by atoms with E-state index in [9.17, 15) is 9.18 Å². The molecule has 5 heteroatoms. The highest BCUT2D eigenvalue weighted by atomic mass is 19.1. The number of carbonyl (C=O) groups is 1. The Labute approximate surface area is 159 Å². The molecule has 0 aromatic heterocycles. The van der Waals surface area contributed by atoms with E-state index in [0.717, 1.165) is 26.1 Å². The third-order valence-corrected chi connectivity index (χ3v) is 5.41. The van der Waals surface area contributed by atoms with Crippen molar-refractivity contribution < 1.29 is 13.9 Å². The van der Waals surface area contributed by atoms with Gasteiger partial charge in [0.25, 0.3) is 0 Å². The number of morpholine rings is 1. The highest BCUT2D eigenvalue weighted by Gasteiger charge is 2.45. The second-order valence-corrected chi connectivity index (χ2v) is 7.43. The van der Waals surface area contributed by atoms with Crippen molar-refractivity contribution in [3.05, 3.63) is 71.5 Å². The Kier molecular flexibility index (Phi) is 5.50. The summed E-state index contributed by atoms with van der Waals surface area (Å²) in [5.74, 6) is -0.323. The Hall–Kier alpha value is -2.24. The van der Waals surface area contributed by atoms with Gasteiger partial charge in [-0.2, -0.15) is 0 Å². The van der Waals surface area contributed by atoms with Crippen LogP contribution in [0.4, 0.5) is 4.39 Å². The monoisotopic (exact) mass is 368 g/mol. The lowest BCUT2D eigenvalue weighted by molar-refractivity contribution is -0.123. The second kappa shape index (κ2) is 8.19. The molecule has 1 aliphatic heterocycles. The van der Waals surface area contributed by atoms with E-state index in [4.69, 9.17) is 4.74 Å². The van der Waals surface area contributed by atoms with Crippen LogP contribution >= 0.6 is 0 Å². The summed E-state index contributed by atoms with van der Waals surface area (Å²) in [6.07, 6.45) is 0.718. The van der Waals surface area contributed by atoms with Crippen LogP contribution in [0.2, 0.25) is 0 Å². The van der Waals surface area contributed by atoms with Gasteiger partial charge in [-0.15, -0.1) is 0 Å². The zero-order valence-electron chi connectivity index (χ0n) is 15.3. The van der Waals surface area contributed by atoms with Crippen molar-refractivity contribution in [1.29, 1.82) is 0 Å². The summed E-state index contributed by atoms with van der Waals surface area (Å²) in [4.78, 5) is 14.8. The third-order valence-electron chi connectivity index (χ3n) is 5.41. The first-order valence-corrected chi connectivity index (χ1v) is 9.60. The van der Waals surface area contributed by atoms with Crippen molar-refractivity contribution in [2.45, 2.75) is 25.0 Å². The normalized spacial score (nSPS) is 25.1. The first-order chi connectivity index (χ1) is 13.2. The van der Waals surface area contributed by atoms with Gasteiger partial charge < -0.3 is 10.1 Å². The maximum atomic E-state index is 13.9. The van der Waals surface area contributed by atoms with E-state index in [1.54, 1.807) is 12.1 Å². The smallest absolute Gasteiger partial charge is 0.223 e. The Balaban J connectivity index is 1.24. The minimum atomic E-state index is -0.218. The van der Waals surface area contributed by atoms with Crippen molar-refractivity contribution in [1.82, 2.24) is 10.2 Å². The molecular formula is C22H25FN2O2. The Morgan fingerprint density at radius 1 is 1.15 bits per heavy atom. The van der Waals surface area contributed by atoms with Gasteiger partial charge in [-0.25, -0.2) is 4.39 Å². The van der Waals surface area contributed by atoms with Crippen LogP contribution in [0.3, 0.4) is 0 Å². The molecule has 2 aromatic carbocycles. The summed E-state index contributed by atoms with van der Waals surface area (Å²) in [6.45, 7) is 3.78. The van der Waals surface area contributed by atoms with Crippen LogP contribution in [0.5, 0.6) is 0 Å². The number of nitrogens with one attached hydrogen (secondary N) is 1. The summed E-state index contributed by atoms with van der Waals surface area (Å²) < 4.78 is 19.7. The first kappa shape index (κ1) is 18.1. The molecule has 1 saturated heterocycles.